The van der Waals surface area contributed by atoms with Gasteiger partial charge in [-0.05, 0) is 69.4 Å². The van der Waals surface area contributed by atoms with E-state index < -0.39 is 0 Å². The summed E-state index contributed by atoms with van der Waals surface area (Å²) < 4.78 is 1.31. The molecule has 180 valence electrons. The van der Waals surface area contributed by atoms with Crippen molar-refractivity contribution < 1.29 is 4.79 Å². The van der Waals surface area contributed by atoms with Gasteiger partial charge in [-0.3, -0.25) is 9.59 Å². The van der Waals surface area contributed by atoms with Crippen LogP contribution in [-0.2, 0) is 11.3 Å². The Hall–Kier alpha value is -3.35. The highest BCUT2D eigenvalue weighted by Crippen LogP contribution is 2.27. The molecule has 0 spiro atoms. The maximum atomic E-state index is 13.2. The topological polar surface area (TPSA) is 70.5 Å². The number of anilines is 3. The van der Waals surface area contributed by atoms with Crippen LogP contribution in [0.15, 0.2) is 47.3 Å². The third-order valence-corrected chi connectivity index (χ3v) is 6.71. The summed E-state index contributed by atoms with van der Waals surface area (Å²) in [4.78, 5) is 30.6. The van der Waals surface area contributed by atoms with E-state index in [0.717, 1.165) is 60.7 Å². The first-order chi connectivity index (χ1) is 16.4. The van der Waals surface area contributed by atoms with Crippen molar-refractivity contribution in [2.24, 2.45) is 5.92 Å². The molecule has 7 nitrogen and oxygen atoms in total. The van der Waals surface area contributed by atoms with Gasteiger partial charge in [0.2, 0.25) is 5.91 Å². The highest BCUT2D eigenvalue weighted by atomic mass is 16.2. The van der Waals surface area contributed by atoms with Crippen LogP contribution in [0.25, 0.3) is 10.8 Å². The molecule has 1 unspecified atom stereocenters. The molecule has 34 heavy (non-hydrogen) atoms. The van der Waals surface area contributed by atoms with Crippen LogP contribution in [0.3, 0.4) is 0 Å². The Kier molecular flexibility index (Phi) is 7.20. The SMILES string of the molecule is CCN(CC)c1ccc(NC(=O)Cn2nc(N3CCCC(C)C3)c3ccccc3c2=O)c(C)c1. The second-order valence-corrected chi connectivity index (χ2v) is 9.25. The summed E-state index contributed by atoms with van der Waals surface area (Å²) in [6, 6.07) is 13.6. The Morgan fingerprint density at radius 2 is 1.88 bits per heavy atom. The van der Waals surface area contributed by atoms with Gasteiger partial charge >= 0.3 is 0 Å². The molecule has 0 saturated carbocycles. The van der Waals surface area contributed by atoms with E-state index in [9.17, 15) is 9.59 Å². The van der Waals surface area contributed by atoms with E-state index >= 15 is 0 Å². The molecule has 3 aromatic rings. The third-order valence-electron chi connectivity index (χ3n) is 6.71. The number of aryl methyl sites for hydroxylation is 1. The van der Waals surface area contributed by atoms with Crippen molar-refractivity contribution in [2.75, 3.05) is 41.3 Å². The first-order valence-corrected chi connectivity index (χ1v) is 12.3. The molecule has 4 rings (SSSR count). The number of carbonyl (C=O) groups excluding carboxylic acids is 1. The van der Waals surface area contributed by atoms with Gasteiger partial charge in [0, 0.05) is 42.9 Å². The quantitative estimate of drug-likeness (QED) is 0.564. The van der Waals surface area contributed by atoms with E-state index in [1.165, 1.54) is 11.1 Å². The molecule has 7 heteroatoms. The maximum absolute atomic E-state index is 13.2. The first-order valence-electron chi connectivity index (χ1n) is 12.3. The van der Waals surface area contributed by atoms with Crippen LogP contribution in [0.1, 0.15) is 39.2 Å². The van der Waals surface area contributed by atoms with Crippen molar-refractivity contribution in [1.82, 2.24) is 9.78 Å². The van der Waals surface area contributed by atoms with Crippen molar-refractivity contribution in [1.29, 1.82) is 0 Å². The second kappa shape index (κ2) is 10.3. The number of hydrogen-bond acceptors (Lipinski definition) is 5. The van der Waals surface area contributed by atoms with E-state index in [1.807, 2.05) is 43.3 Å². The van der Waals surface area contributed by atoms with Crippen LogP contribution in [0.4, 0.5) is 17.2 Å². The molecule has 0 aliphatic carbocycles. The highest BCUT2D eigenvalue weighted by molar-refractivity contribution is 5.93. The van der Waals surface area contributed by atoms with Gasteiger partial charge in [0.15, 0.2) is 5.82 Å². The minimum Gasteiger partial charge on any atom is -0.372 e. The van der Waals surface area contributed by atoms with Crippen LogP contribution in [0.5, 0.6) is 0 Å². The van der Waals surface area contributed by atoms with Gasteiger partial charge in [-0.2, -0.15) is 5.10 Å². The molecule has 1 aliphatic rings. The normalized spacial score (nSPS) is 16.0. The predicted octanol–water partition coefficient (Wildman–Crippen LogP) is 4.43. The maximum Gasteiger partial charge on any atom is 0.275 e. The Bertz CT molecular complexity index is 1230. The average molecular weight is 462 g/mol. The highest BCUT2D eigenvalue weighted by Gasteiger charge is 2.22. The van der Waals surface area contributed by atoms with E-state index in [1.54, 1.807) is 0 Å². The van der Waals surface area contributed by atoms with Gasteiger partial charge < -0.3 is 15.1 Å². The van der Waals surface area contributed by atoms with Crippen LogP contribution in [0, 0.1) is 12.8 Å². The van der Waals surface area contributed by atoms with E-state index in [4.69, 9.17) is 0 Å². The Morgan fingerprint density at radius 3 is 2.56 bits per heavy atom. The number of amides is 1. The zero-order chi connectivity index (χ0) is 24.2. The third kappa shape index (κ3) is 4.93. The number of fused-ring (bicyclic) bond motifs is 1. The van der Waals surface area contributed by atoms with Gasteiger partial charge in [0.25, 0.3) is 5.56 Å². The number of carbonyl (C=O) groups is 1. The summed E-state index contributed by atoms with van der Waals surface area (Å²) >= 11 is 0. The Labute approximate surface area is 201 Å². The van der Waals surface area contributed by atoms with E-state index in [-0.39, 0.29) is 18.0 Å². The van der Waals surface area contributed by atoms with Crippen molar-refractivity contribution in [3.63, 3.8) is 0 Å². The van der Waals surface area contributed by atoms with Gasteiger partial charge in [-0.1, -0.05) is 25.1 Å². The number of nitrogens with one attached hydrogen (secondary N) is 1. The zero-order valence-corrected chi connectivity index (χ0v) is 20.7. The average Bonchev–Trinajstić information content (AvgIpc) is 2.83. The number of rotatable bonds is 7. The minimum atomic E-state index is -0.262. The fourth-order valence-electron chi connectivity index (χ4n) is 4.84. The minimum absolute atomic E-state index is 0.128. The Morgan fingerprint density at radius 1 is 1.15 bits per heavy atom. The fraction of sp³-hybridized carbons (Fsp3) is 0.444. The molecule has 2 heterocycles. The fourth-order valence-corrected chi connectivity index (χ4v) is 4.84. The zero-order valence-electron chi connectivity index (χ0n) is 20.7. The number of nitrogens with zero attached hydrogens (tertiary/aromatic N) is 4. The summed E-state index contributed by atoms with van der Waals surface area (Å²) in [7, 11) is 0. The standard InChI is InChI=1S/C27H35N5O2/c1-5-30(6-2)21-13-14-24(20(4)16-21)28-25(33)18-32-27(34)23-12-8-7-11-22(23)26(29-32)31-15-9-10-19(3)17-31/h7-8,11-14,16,19H,5-6,9-10,15,17-18H2,1-4H3,(H,28,33). The van der Waals surface area contributed by atoms with Crippen molar-refractivity contribution in [2.45, 2.75) is 47.1 Å². The summed E-state index contributed by atoms with van der Waals surface area (Å²) in [5, 5.41) is 9.10. The number of hydrogen-bond donors (Lipinski definition) is 1. The van der Waals surface area contributed by atoms with Crippen molar-refractivity contribution >= 4 is 33.9 Å². The summed E-state index contributed by atoms with van der Waals surface area (Å²) in [6.45, 7) is 12.0. The monoisotopic (exact) mass is 461 g/mol. The largest absolute Gasteiger partial charge is 0.372 e. The van der Waals surface area contributed by atoms with Crippen LogP contribution >= 0.6 is 0 Å². The molecule has 0 bridgehead atoms. The molecule has 1 N–H and O–H groups in total. The van der Waals surface area contributed by atoms with Crippen LogP contribution in [0.2, 0.25) is 0 Å². The van der Waals surface area contributed by atoms with Crippen LogP contribution in [-0.4, -0.2) is 41.9 Å². The Balaban J connectivity index is 1.60. The van der Waals surface area contributed by atoms with Crippen molar-refractivity contribution in [3.05, 3.63) is 58.4 Å². The predicted molar refractivity (Wildman–Crippen MR) is 140 cm³/mol. The lowest BCUT2D eigenvalue weighted by molar-refractivity contribution is -0.117. The molecule has 1 aromatic heterocycles. The van der Waals surface area contributed by atoms with E-state index in [2.05, 4.69) is 47.1 Å². The summed E-state index contributed by atoms with van der Waals surface area (Å²) in [5.74, 6) is 1.09. The van der Waals surface area contributed by atoms with Crippen LogP contribution < -0.4 is 20.7 Å². The molecule has 2 aromatic carbocycles. The molecule has 1 atom stereocenters. The molecule has 0 radical (unpaired) electrons. The van der Waals surface area contributed by atoms with Gasteiger partial charge in [-0.25, -0.2) is 4.68 Å². The molecule has 1 saturated heterocycles. The second-order valence-electron chi connectivity index (χ2n) is 9.25. The molecule has 1 amide bonds. The smallest absolute Gasteiger partial charge is 0.275 e. The molecular formula is C27H35N5O2. The molecule has 1 fully saturated rings. The number of piperidine rings is 1. The molecule has 1 aliphatic heterocycles. The lowest BCUT2D eigenvalue weighted by Gasteiger charge is -2.32. The number of benzene rings is 2. The summed E-state index contributed by atoms with van der Waals surface area (Å²) in [6.07, 6.45) is 2.29. The summed E-state index contributed by atoms with van der Waals surface area (Å²) in [5.41, 5.74) is 2.63. The van der Waals surface area contributed by atoms with Gasteiger partial charge in [0.05, 0.1) is 5.39 Å². The first kappa shape index (κ1) is 23.8. The van der Waals surface area contributed by atoms with Crippen molar-refractivity contribution in [3.8, 4) is 0 Å². The van der Waals surface area contributed by atoms with Gasteiger partial charge in [-0.15, -0.1) is 0 Å². The number of aromatic nitrogens is 2. The van der Waals surface area contributed by atoms with E-state index in [0.29, 0.717) is 11.3 Å². The van der Waals surface area contributed by atoms with Gasteiger partial charge in [0.1, 0.15) is 6.54 Å². The molecular weight excluding hydrogens is 426 g/mol. The lowest BCUT2D eigenvalue weighted by Crippen LogP contribution is -2.38. The lowest BCUT2D eigenvalue weighted by atomic mass is 10.00.